The van der Waals surface area contributed by atoms with Gasteiger partial charge in [-0.05, 0) is 31.9 Å². The molecule has 1 fully saturated rings. The van der Waals surface area contributed by atoms with E-state index in [1.165, 1.54) is 0 Å². The summed E-state index contributed by atoms with van der Waals surface area (Å²) < 4.78 is 1.69. The van der Waals surface area contributed by atoms with Gasteiger partial charge in [-0.2, -0.15) is 5.10 Å². The quantitative estimate of drug-likeness (QED) is 0.896. The maximum Gasteiger partial charge on any atom is 0.274 e. The highest BCUT2D eigenvalue weighted by molar-refractivity contribution is 5.80. The molecule has 4 heteroatoms. The van der Waals surface area contributed by atoms with E-state index in [2.05, 4.69) is 17.3 Å². The van der Waals surface area contributed by atoms with Crippen LogP contribution in [0, 0.1) is 0 Å². The van der Waals surface area contributed by atoms with Crippen LogP contribution in [0.3, 0.4) is 0 Å². The largest absolute Gasteiger partial charge is 0.314 e. The second-order valence-corrected chi connectivity index (χ2v) is 5.22. The van der Waals surface area contributed by atoms with Gasteiger partial charge in [0.2, 0.25) is 0 Å². The Labute approximate surface area is 112 Å². The monoisotopic (exact) mass is 257 g/mol. The van der Waals surface area contributed by atoms with Crippen LogP contribution < -0.4 is 10.9 Å². The SMILES string of the molecule is CC[C@@H]1C[C@@H](n2ncc3ccccc3c2=O)CCN1. The zero-order valence-corrected chi connectivity index (χ0v) is 11.2. The molecule has 0 unspecified atom stereocenters. The molecule has 100 valence electrons. The Bertz CT molecular complexity index is 635. The van der Waals surface area contributed by atoms with Gasteiger partial charge in [-0.25, -0.2) is 4.68 Å². The first-order valence-electron chi connectivity index (χ1n) is 6.99. The van der Waals surface area contributed by atoms with E-state index >= 15 is 0 Å². The second kappa shape index (κ2) is 5.13. The molecular weight excluding hydrogens is 238 g/mol. The molecule has 2 heterocycles. The van der Waals surface area contributed by atoms with Crippen molar-refractivity contribution in [2.75, 3.05) is 6.54 Å². The van der Waals surface area contributed by atoms with Gasteiger partial charge in [0.05, 0.1) is 17.6 Å². The van der Waals surface area contributed by atoms with Crippen LogP contribution in [0.4, 0.5) is 0 Å². The second-order valence-electron chi connectivity index (χ2n) is 5.22. The normalized spacial score (nSPS) is 23.6. The molecule has 0 amide bonds. The smallest absolute Gasteiger partial charge is 0.274 e. The fraction of sp³-hybridized carbons (Fsp3) is 0.467. The highest BCUT2D eigenvalue weighted by Gasteiger charge is 2.23. The van der Waals surface area contributed by atoms with Crippen LogP contribution in [0.5, 0.6) is 0 Å². The lowest BCUT2D eigenvalue weighted by molar-refractivity contribution is 0.273. The number of nitrogens with one attached hydrogen (secondary N) is 1. The highest BCUT2D eigenvalue weighted by atomic mass is 16.1. The maximum absolute atomic E-state index is 12.5. The topological polar surface area (TPSA) is 46.9 Å². The van der Waals surface area contributed by atoms with Crippen molar-refractivity contribution in [3.8, 4) is 0 Å². The molecule has 3 rings (SSSR count). The van der Waals surface area contributed by atoms with Gasteiger partial charge in [-0.15, -0.1) is 0 Å². The van der Waals surface area contributed by atoms with Crippen molar-refractivity contribution < 1.29 is 0 Å². The molecule has 0 aliphatic carbocycles. The first kappa shape index (κ1) is 12.4. The number of aromatic nitrogens is 2. The average Bonchev–Trinajstić information content (AvgIpc) is 2.48. The summed E-state index contributed by atoms with van der Waals surface area (Å²) in [5.74, 6) is 0. The number of hydrogen-bond donors (Lipinski definition) is 1. The molecule has 1 aliphatic heterocycles. The molecule has 1 aromatic carbocycles. The van der Waals surface area contributed by atoms with Crippen molar-refractivity contribution in [1.29, 1.82) is 0 Å². The number of benzene rings is 1. The van der Waals surface area contributed by atoms with Crippen LogP contribution in [-0.4, -0.2) is 22.4 Å². The van der Waals surface area contributed by atoms with E-state index in [0.29, 0.717) is 6.04 Å². The van der Waals surface area contributed by atoms with Gasteiger partial charge in [0.25, 0.3) is 5.56 Å². The van der Waals surface area contributed by atoms with Gasteiger partial charge in [0.1, 0.15) is 0 Å². The molecule has 1 saturated heterocycles. The molecule has 0 bridgehead atoms. The summed E-state index contributed by atoms with van der Waals surface area (Å²) in [4.78, 5) is 12.5. The summed E-state index contributed by atoms with van der Waals surface area (Å²) in [6.45, 7) is 3.14. The lowest BCUT2D eigenvalue weighted by atomic mass is 9.98. The number of hydrogen-bond acceptors (Lipinski definition) is 3. The van der Waals surface area contributed by atoms with Crippen molar-refractivity contribution in [1.82, 2.24) is 15.1 Å². The first-order chi connectivity index (χ1) is 9.29. The Hall–Kier alpha value is -1.68. The molecule has 19 heavy (non-hydrogen) atoms. The minimum Gasteiger partial charge on any atom is -0.314 e. The Morgan fingerprint density at radius 1 is 1.42 bits per heavy atom. The predicted octanol–water partition coefficient (Wildman–Crippen LogP) is 2.10. The number of nitrogens with zero attached hydrogens (tertiary/aromatic N) is 2. The molecule has 0 saturated carbocycles. The molecule has 1 N–H and O–H groups in total. The van der Waals surface area contributed by atoms with E-state index in [4.69, 9.17) is 0 Å². The molecule has 2 atom stereocenters. The van der Waals surface area contributed by atoms with Crippen molar-refractivity contribution in [3.63, 3.8) is 0 Å². The van der Waals surface area contributed by atoms with Gasteiger partial charge in [0.15, 0.2) is 0 Å². The number of rotatable bonds is 2. The summed E-state index contributed by atoms with van der Waals surface area (Å²) in [5.41, 5.74) is 0.0415. The van der Waals surface area contributed by atoms with E-state index < -0.39 is 0 Å². The third kappa shape index (κ3) is 2.28. The van der Waals surface area contributed by atoms with Crippen LogP contribution in [0.1, 0.15) is 32.2 Å². The van der Waals surface area contributed by atoms with Crippen molar-refractivity contribution in [2.45, 2.75) is 38.3 Å². The van der Waals surface area contributed by atoms with E-state index in [-0.39, 0.29) is 11.6 Å². The molecule has 0 radical (unpaired) electrons. The standard InChI is InChI=1S/C15H19N3O/c1-2-12-9-13(7-8-16-12)18-15(19)14-6-4-3-5-11(14)10-17-18/h3-6,10,12-13,16H,2,7-9H2,1H3/t12-,13+/m1/s1. The summed E-state index contributed by atoms with van der Waals surface area (Å²) in [7, 11) is 0. The lowest BCUT2D eigenvalue weighted by Gasteiger charge is -2.30. The van der Waals surface area contributed by atoms with Gasteiger partial charge in [-0.1, -0.05) is 25.1 Å². The van der Waals surface area contributed by atoms with Gasteiger partial charge in [0, 0.05) is 11.4 Å². The van der Waals surface area contributed by atoms with Crippen LogP contribution >= 0.6 is 0 Å². The van der Waals surface area contributed by atoms with E-state index in [1.54, 1.807) is 10.9 Å². The van der Waals surface area contributed by atoms with Crippen LogP contribution in [-0.2, 0) is 0 Å². The van der Waals surface area contributed by atoms with Crippen molar-refractivity contribution in [2.24, 2.45) is 0 Å². The van der Waals surface area contributed by atoms with E-state index in [1.807, 2.05) is 24.3 Å². The zero-order valence-electron chi connectivity index (χ0n) is 11.2. The van der Waals surface area contributed by atoms with E-state index in [0.717, 1.165) is 36.6 Å². The Morgan fingerprint density at radius 3 is 3.11 bits per heavy atom. The Kier molecular flexibility index (Phi) is 3.34. The first-order valence-corrected chi connectivity index (χ1v) is 6.99. The highest BCUT2D eigenvalue weighted by Crippen LogP contribution is 2.21. The molecule has 0 spiro atoms. The van der Waals surface area contributed by atoms with Gasteiger partial charge >= 0.3 is 0 Å². The van der Waals surface area contributed by atoms with Crippen LogP contribution in [0.15, 0.2) is 35.3 Å². The molecular formula is C15H19N3O. The Morgan fingerprint density at radius 2 is 2.26 bits per heavy atom. The number of piperidine rings is 1. The fourth-order valence-electron chi connectivity index (χ4n) is 2.88. The average molecular weight is 257 g/mol. The lowest BCUT2D eigenvalue weighted by Crippen LogP contribution is -2.41. The summed E-state index contributed by atoms with van der Waals surface area (Å²) >= 11 is 0. The van der Waals surface area contributed by atoms with Gasteiger partial charge in [-0.3, -0.25) is 4.79 Å². The molecule has 1 aliphatic rings. The minimum atomic E-state index is 0.0415. The predicted molar refractivity (Wildman–Crippen MR) is 76.4 cm³/mol. The summed E-state index contributed by atoms with van der Waals surface area (Å²) in [5, 5.41) is 9.55. The Balaban J connectivity index is 2.01. The third-order valence-corrected chi connectivity index (χ3v) is 4.03. The fourth-order valence-corrected chi connectivity index (χ4v) is 2.88. The van der Waals surface area contributed by atoms with Crippen molar-refractivity contribution >= 4 is 10.8 Å². The minimum absolute atomic E-state index is 0.0415. The zero-order chi connectivity index (χ0) is 13.2. The van der Waals surface area contributed by atoms with Crippen molar-refractivity contribution in [3.05, 3.63) is 40.8 Å². The van der Waals surface area contributed by atoms with E-state index in [9.17, 15) is 4.79 Å². The van der Waals surface area contributed by atoms with Crippen LogP contribution in [0.2, 0.25) is 0 Å². The summed E-state index contributed by atoms with van der Waals surface area (Å²) in [6.07, 6.45) is 4.86. The maximum atomic E-state index is 12.5. The summed E-state index contributed by atoms with van der Waals surface area (Å²) in [6, 6.07) is 8.39. The van der Waals surface area contributed by atoms with Crippen LogP contribution in [0.25, 0.3) is 10.8 Å². The molecule has 4 nitrogen and oxygen atoms in total. The number of fused-ring (bicyclic) bond motifs is 1. The molecule has 1 aromatic heterocycles. The third-order valence-electron chi connectivity index (χ3n) is 4.03. The van der Waals surface area contributed by atoms with Gasteiger partial charge < -0.3 is 5.32 Å². The molecule has 2 aromatic rings.